The smallest absolute Gasteiger partial charge is 0.335 e. The Balaban J connectivity index is 1.65. The summed E-state index contributed by atoms with van der Waals surface area (Å²) in [6, 6.07) is 20.2. The van der Waals surface area contributed by atoms with E-state index in [1.54, 1.807) is 12.1 Å². The van der Waals surface area contributed by atoms with Crippen LogP contribution in [0.25, 0.3) is 11.1 Å². The average Bonchev–Trinajstić information content (AvgIpc) is 2.72. The first-order chi connectivity index (χ1) is 14.7. The van der Waals surface area contributed by atoms with Crippen molar-refractivity contribution < 1.29 is 14.6 Å². The Bertz CT molecular complexity index is 1010. The minimum atomic E-state index is -0.895. The first kappa shape index (κ1) is 22.6. The molecule has 0 aromatic heterocycles. The van der Waals surface area contributed by atoms with Crippen molar-refractivity contribution in [1.29, 1.82) is 0 Å². The highest BCUT2D eigenvalue weighted by Crippen LogP contribution is 2.32. The summed E-state index contributed by atoms with van der Waals surface area (Å²) in [6.07, 6.45) is 0.845. The van der Waals surface area contributed by atoms with Crippen LogP contribution in [0.3, 0.4) is 0 Å². The van der Waals surface area contributed by atoms with Crippen molar-refractivity contribution in [3.8, 4) is 16.9 Å². The van der Waals surface area contributed by atoms with Gasteiger partial charge in [-0.25, -0.2) is 4.79 Å². The van der Waals surface area contributed by atoms with Crippen molar-refractivity contribution in [2.75, 3.05) is 6.61 Å². The topological polar surface area (TPSA) is 46.5 Å². The van der Waals surface area contributed by atoms with Gasteiger partial charge in [0.1, 0.15) is 5.75 Å². The third kappa shape index (κ3) is 5.75. The van der Waals surface area contributed by atoms with Crippen LogP contribution < -0.4 is 4.74 Å². The van der Waals surface area contributed by atoms with Crippen LogP contribution in [0, 0.1) is 19.8 Å². The molecule has 3 nitrogen and oxygen atoms in total. The molecule has 0 amide bonds. The lowest BCUT2D eigenvalue weighted by Crippen LogP contribution is -2.11. The maximum atomic E-state index is 11.0. The molecule has 1 N–H and O–H groups in total. The van der Waals surface area contributed by atoms with Gasteiger partial charge in [0.25, 0.3) is 0 Å². The molecule has 0 saturated heterocycles. The molecule has 0 fully saturated rings. The second-order valence-corrected chi connectivity index (χ2v) is 8.83. The van der Waals surface area contributed by atoms with Gasteiger partial charge in [-0.1, -0.05) is 57.2 Å². The Morgan fingerprint density at radius 2 is 1.48 bits per heavy atom. The van der Waals surface area contributed by atoms with Crippen LogP contribution in [-0.2, 0) is 6.42 Å². The maximum Gasteiger partial charge on any atom is 0.335 e. The molecule has 0 saturated carbocycles. The van der Waals surface area contributed by atoms with Gasteiger partial charge < -0.3 is 9.84 Å². The largest absolute Gasteiger partial charge is 0.493 e. The number of aromatic carboxylic acids is 1. The van der Waals surface area contributed by atoms with Gasteiger partial charge in [-0.15, -0.1) is 0 Å². The van der Waals surface area contributed by atoms with E-state index < -0.39 is 5.97 Å². The second-order valence-electron chi connectivity index (χ2n) is 8.83. The summed E-state index contributed by atoms with van der Waals surface area (Å²) in [5.41, 5.74) is 7.73. The van der Waals surface area contributed by atoms with Gasteiger partial charge in [-0.2, -0.15) is 0 Å². The van der Waals surface area contributed by atoms with Gasteiger partial charge in [-0.05, 0) is 89.8 Å². The summed E-state index contributed by atoms with van der Waals surface area (Å²) < 4.78 is 6.11. The first-order valence-electron chi connectivity index (χ1n) is 10.9. The fraction of sp³-hybridized carbons (Fsp3) is 0.321. The number of ether oxygens (including phenoxy) is 1. The minimum Gasteiger partial charge on any atom is -0.493 e. The molecule has 1 atom stereocenters. The van der Waals surface area contributed by atoms with E-state index in [-0.39, 0.29) is 0 Å². The van der Waals surface area contributed by atoms with Crippen LogP contribution in [0.4, 0.5) is 0 Å². The van der Waals surface area contributed by atoms with Gasteiger partial charge in [0, 0.05) is 0 Å². The summed E-state index contributed by atoms with van der Waals surface area (Å²) in [7, 11) is 0. The predicted molar refractivity (Wildman–Crippen MR) is 127 cm³/mol. The number of hydrogen-bond acceptors (Lipinski definition) is 2. The number of carboxylic acid groups (broad SMARTS) is 1. The Hall–Kier alpha value is -3.07. The van der Waals surface area contributed by atoms with E-state index in [0.717, 1.165) is 17.7 Å². The van der Waals surface area contributed by atoms with E-state index in [1.807, 2.05) is 12.1 Å². The van der Waals surface area contributed by atoms with E-state index in [2.05, 4.69) is 71.0 Å². The molecule has 162 valence electrons. The number of carboxylic acids is 1. The predicted octanol–water partition coefficient (Wildman–Crippen LogP) is 7.05. The Labute approximate surface area is 185 Å². The molecule has 3 aromatic rings. The molecule has 0 radical (unpaired) electrons. The normalized spacial score (nSPS) is 12.1. The number of carbonyl (C=O) groups is 1. The van der Waals surface area contributed by atoms with E-state index in [4.69, 9.17) is 9.84 Å². The SMILES string of the molecule is Cc1cc(OCC(C)Cc2ccc(C(=O)O)cc2)cc(C)c1-c1ccc(C(C)C)cc1. The standard InChI is InChI=1S/C28H32O3/c1-18(2)23-10-12-24(13-11-23)27-20(4)15-26(16-21(27)5)31-17-19(3)14-22-6-8-25(9-7-22)28(29)30/h6-13,15-16,18-19H,14,17H2,1-5H3,(H,29,30). The quantitative estimate of drug-likeness (QED) is 0.428. The van der Waals surface area contributed by atoms with Crippen molar-refractivity contribution in [2.45, 2.75) is 47.0 Å². The molecule has 0 aliphatic carbocycles. The van der Waals surface area contributed by atoms with Crippen LogP contribution in [0.5, 0.6) is 5.75 Å². The zero-order chi connectivity index (χ0) is 22.5. The molecular weight excluding hydrogens is 384 g/mol. The molecule has 1 unspecified atom stereocenters. The molecule has 0 aliphatic heterocycles. The molecular formula is C28H32O3. The fourth-order valence-corrected chi connectivity index (χ4v) is 3.98. The van der Waals surface area contributed by atoms with Crippen LogP contribution >= 0.6 is 0 Å². The summed E-state index contributed by atoms with van der Waals surface area (Å²) in [5, 5.41) is 9.02. The Kier molecular flexibility index (Phi) is 7.17. The third-order valence-electron chi connectivity index (χ3n) is 5.69. The molecule has 3 rings (SSSR count). The molecule has 0 heterocycles. The molecule has 31 heavy (non-hydrogen) atoms. The lowest BCUT2D eigenvalue weighted by molar-refractivity contribution is 0.0697. The van der Waals surface area contributed by atoms with Gasteiger partial charge in [0.15, 0.2) is 0 Å². The van der Waals surface area contributed by atoms with Crippen LogP contribution in [-0.4, -0.2) is 17.7 Å². The Morgan fingerprint density at radius 3 is 2.00 bits per heavy atom. The molecule has 0 aliphatic rings. The summed E-state index contributed by atoms with van der Waals surface area (Å²) >= 11 is 0. The zero-order valence-electron chi connectivity index (χ0n) is 19.1. The van der Waals surface area contributed by atoms with Crippen LogP contribution in [0.2, 0.25) is 0 Å². The lowest BCUT2D eigenvalue weighted by atomic mass is 9.93. The summed E-state index contributed by atoms with van der Waals surface area (Å²) in [6.45, 7) is 11.5. The van der Waals surface area contributed by atoms with E-state index in [1.165, 1.54) is 27.8 Å². The van der Waals surface area contributed by atoms with E-state index in [0.29, 0.717) is 24.0 Å². The van der Waals surface area contributed by atoms with Gasteiger partial charge >= 0.3 is 5.97 Å². The highest BCUT2D eigenvalue weighted by Gasteiger charge is 2.11. The average molecular weight is 417 g/mol. The maximum absolute atomic E-state index is 11.0. The molecule has 3 aromatic carbocycles. The minimum absolute atomic E-state index is 0.317. The highest BCUT2D eigenvalue weighted by molar-refractivity contribution is 5.87. The van der Waals surface area contributed by atoms with Crippen molar-refractivity contribution >= 4 is 5.97 Å². The second kappa shape index (κ2) is 9.82. The van der Waals surface area contributed by atoms with Gasteiger partial charge in [-0.3, -0.25) is 0 Å². The Morgan fingerprint density at radius 1 is 0.903 bits per heavy atom. The fourth-order valence-electron chi connectivity index (χ4n) is 3.98. The summed E-state index contributed by atoms with van der Waals surface area (Å²) in [5.74, 6) is 0.849. The number of aryl methyl sites for hydroxylation is 2. The monoisotopic (exact) mass is 416 g/mol. The molecule has 0 spiro atoms. The first-order valence-corrected chi connectivity index (χ1v) is 10.9. The van der Waals surface area contributed by atoms with Crippen LogP contribution in [0.15, 0.2) is 60.7 Å². The zero-order valence-corrected chi connectivity index (χ0v) is 19.1. The van der Waals surface area contributed by atoms with Gasteiger partial charge in [0.2, 0.25) is 0 Å². The summed E-state index contributed by atoms with van der Waals surface area (Å²) in [4.78, 5) is 11.0. The van der Waals surface area contributed by atoms with Gasteiger partial charge in [0.05, 0.1) is 12.2 Å². The van der Waals surface area contributed by atoms with Crippen LogP contribution in [0.1, 0.15) is 59.3 Å². The van der Waals surface area contributed by atoms with Crippen molar-refractivity contribution in [3.05, 3.63) is 88.5 Å². The molecule has 0 bridgehead atoms. The third-order valence-corrected chi connectivity index (χ3v) is 5.69. The van der Waals surface area contributed by atoms with Crippen molar-refractivity contribution in [1.82, 2.24) is 0 Å². The molecule has 3 heteroatoms. The van der Waals surface area contributed by atoms with E-state index in [9.17, 15) is 4.79 Å². The van der Waals surface area contributed by atoms with Crippen molar-refractivity contribution in [2.24, 2.45) is 5.92 Å². The number of benzene rings is 3. The van der Waals surface area contributed by atoms with Crippen molar-refractivity contribution in [3.63, 3.8) is 0 Å². The lowest BCUT2D eigenvalue weighted by Gasteiger charge is -2.17. The van der Waals surface area contributed by atoms with E-state index >= 15 is 0 Å². The number of hydrogen-bond donors (Lipinski definition) is 1. The highest BCUT2D eigenvalue weighted by atomic mass is 16.5. The number of rotatable bonds is 8.